The minimum Gasteiger partial charge on any atom is -0.490 e. The molecule has 0 spiro atoms. The van der Waals surface area contributed by atoms with E-state index in [0.29, 0.717) is 36.5 Å². The maximum atomic E-state index is 13.4. The fourth-order valence-electron chi connectivity index (χ4n) is 3.30. The SMILES string of the molecule is [2H]C([2H])(c1ccccc1O[C@H](C)CCCCC(=O)O)N(C(=O)c1cc(-c2ccco2)[nH]n1)C(C)C. The van der Waals surface area contributed by atoms with Crippen LogP contribution in [0, 0.1) is 0 Å². The van der Waals surface area contributed by atoms with Crippen molar-refractivity contribution in [1.29, 1.82) is 0 Å². The number of benzene rings is 1. The number of carbonyl (C=O) groups excluding carboxylic acids is 1. The lowest BCUT2D eigenvalue weighted by Gasteiger charge is -2.27. The Morgan fingerprint density at radius 3 is 2.70 bits per heavy atom. The van der Waals surface area contributed by atoms with Crippen molar-refractivity contribution in [3.05, 3.63) is 60.0 Å². The van der Waals surface area contributed by atoms with Gasteiger partial charge in [-0.3, -0.25) is 14.7 Å². The zero-order chi connectivity index (χ0) is 25.6. The molecule has 2 heterocycles. The molecule has 0 unspecified atom stereocenters. The first-order valence-electron chi connectivity index (χ1n) is 12.0. The predicted octanol–water partition coefficient (Wildman–Crippen LogP) is 5.13. The monoisotopic (exact) mass is 455 g/mol. The number of aromatic nitrogens is 2. The molecule has 8 nitrogen and oxygen atoms in total. The summed E-state index contributed by atoms with van der Waals surface area (Å²) in [6, 6.07) is 11.2. The molecule has 1 amide bonds. The number of amides is 1. The predicted molar refractivity (Wildman–Crippen MR) is 124 cm³/mol. The summed E-state index contributed by atoms with van der Waals surface area (Å²) in [5.41, 5.74) is 0.809. The molecule has 3 aromatic rings. The molecule has 1 atom stereocenters. The van der Waals surface area contributed by atoms with Crippen LogP contribution in [0.5, 0.6) is 5.75 Å². The third-order valence-corrected chi connectivity index (χ3v) is 5.03. The molecule has 1 aromatic carbocycles. The number of hydrogen-bond donors (Lipinski definition) is 2. The smallest absolute Gasteiger partial charge is 0.303 e. The quantitative estimate of drug-likeness (QED) is 0.366. The van der Waals surface area contributed by atoms with Crippen LogP contribution in [0.3, 0.4) is 0 Å². The van der Waals surface area contributed by atoms with Crippen molar-refractivity contribution in [2.45, 2.75) is 65.1 Å². The Hall–Kier alpha value is -3.55. The highest BCUT2D eigenvalue weighted by atomic mass is 16.5. The van der Waals surface area contributed by atoms with Gasteiger partial charge in [-0.05, 0) is 58.2 Å². The van der Waals surface area contributed by atoms with Crippen LogP contribution in [-0.2, 0) is 11.3 Å². The molecule has 3 rings (SSSR count). The molecule has 2 aromatic heterocycles. The summed E-state index contributed by atoms with van der Waals surface area (Å²) >= 11 is 0. The first kappa shape index (κ1) is 21.3. The van der Waals surface area contributed by atoms with Crippen LogP contribution in [0.4, 0.5) is 0 Å². The van der Waals surface area contributed by atoms with Gasteiger partial charge in [-0.2, -0.15) is 5.10 Å². The molecular formula is C25H31N3O5. The number of nitrogens with zero attached hydrogens (tertiary/aromatic N) is 2. The second-order valence-electron chi connectivity index (χ2n) is 8.09. The van der Waals surface area contributed by atoms with Crippen molar-refractivity contribution in [3.8, 4) is 17.2 Å². The van der Waals surface area contributed by atoms with Crippen LogP contribution in [0.25, 0.3) is 11.5 Å². The molecule has 0 saturated heterocycles. The molecule has 33 heavy (non-hydrogen) atoms. The van der Waals surface area contributed by atoms with E-state index in [-0.39, 0.29) is 23.8 Å². The number of hydrogen-bond acceptors (Lipinski definition) is 5. The largest absolute Gasteiger partial charge is 0.490 e. The third-order valence-electron chi connectivity index (χ3n) is 5.03. The highest BCUT2D eigenvalue weighted by molar-refractivity contribution is 5.93. The van der Waals surface area contributed by atoms with Gasteiger partial charge < -0.3 is 19.2 Å². The van der Waals surface area contributed by atoms with Gasteiger partial charge in [-0.1, -0.05) is 18.2 Å². The average molecular weight is 456 g/mol. The van der Waals surface area contributed by atoms with Crippen molar-refractivity contribution >= 4 is 11.9 Å². The van der Waals surface area contributed by atoms with Gasteiger partial charge in [0.05, 0.1) is 15.1 Å². The summed E-state index contributed by atoms with van der Waals surface area (Å²) in [6.07, 6.45) is 3.21. The number of carboxylic acids is 1. The van der Waals surface area contributed by atoms with Gasteiger partial charge in [0.15, 0.2) is 11.5 Å². The van der Waals surface area contributed by atoms with E-state index in [1.807, 2.05) is 6.92 Å². The molecule has 0 aliphatic carbocycles. The lowest BCUT2D eigenvalue weighted by atomic mass is 10.1. The van der Waals surface area contributed by atoms with Crippen molar-refractivity contribution < 1.29 is 26.6 Å². The van der Waals surface area contributed by atoms with E-state index < -0.39 is 24.4 Å². The summed E-state index contributed by atoms with van der Waals surface area (Å²) in [7, 11) is 0. The summed E-state index contributed by atoms with van der Waals surface area (Å²) in [5.74, 6) is -0.550. The van der Waals surface area contributed by atoms with Crippen LogP contribution >= 0.6 is 0 Å². The Bertz CT molecular complexity index is 1130. The second kappa shape index (κ2) is 11.4. The van der Waals surface area contributed by atoms with Crippen LogP contribution in [0.1, 0.15) is 65.2 Å². The van der Waals surface area contributed by atoms with E-state index in [9.17, 15) is 9.59 Å². The number of aliphatic carboxylic acids is 1. The molecule has 2 N–H and O–H groups in total. The summed E-state index contributed by atoms with van der Waals surface area (Å²) in [4.78, 5) is 25.3. The van der Waals surface area contributed by atoms with E-state index >= 15 is 0 Å². The zero-order valence-electron chi connectivity index (χ0n) is 21.1. The maximum absolute atomic E-state index is 13.4. The molecule has 8 heteroatoms. The number of unbranched alkanes of at least 4 members (excludes halogenated alkanes) is 1. The highest BCUT2D eigenvalue weighted by Crippen LogP contribution is 2.25. The first-order valence-corrected chi connectivity index (χ1v) is 11.0. The minimum atomic E-state index is -2.20. The number of H-pyrrole nitrogens is 1. The number of ether oxygens (including phenoxy) is 1. The van der Waals surface area contributed by atoms with Crippen LogP contribution in [0.15, 0.2) is 53.1 Å². The fourth-order valence-corrected chi connectivity index (χ4v) is 3.30. The summed E-state index contributed by atoms with van der Waals surface area (Å²) < 4.78 is 29.3. The van der Waals surface area contributed by atoms with E-state index in [2.05, 4.69) is 10.2 Å². The molecule has 0 fully saturated rings. The average Bonchev–Trinajstić information content (AvgIpc) is 3.48. The molecule has 0 bridgehead atoms. The highest BCUT2D eigenvalue weighted by Gasteiger charge is 2.23. The number of carboxylic acid groups (broad SMARTS) is 1. The van der Waals surface area contributed by atoms with Gasteiger partial charge in [-0.25, -0.2) is 0 Å². The Labute approximate surface area is 196 Å². The van der Waals surface area contributed by atoms with Crippen molar-refractivity contribution in [2.24, 2.45) is 0 Å². The molecule has 0 radical (unpaired) electrons. The number of aromatic amines is 1. The van der Waals surface area contributed by atoms with Gasteiger partial charge in [0.1, 0.15) is 11.4 Å². The van der Waals surface area contributed by atoms with E-state index in [1.165, 1.54) is 12.3 Å². The second-order valence-corrected chi connectivity index (χ2v) is 8.09. The normalized spacial score (nSPS) is 13.3. The maximum Gasteiger partial charge on any atom is 0.303 e. The molecular weight excluding hydrogens is 422 g/mol. The fraction of sp³-hybridized carbons (Fsp3) is 0.400. The first-order chi connectivity index (χ1) is 16.6. The van der Waals surface area contributed by atoms with Gasteiger partial charge in [0.25, 0.3) is 5.91 Å². The van der Waals surface area contributed by atoms with Gasteiger partial charge in [0, 0.05) is 30.6 Å². The zero-order valence-corrected chi connectivity index (χ0v) is 19.1. The standard InChI is InChI=1S/C25H31N3O5/c1-17(2)28(25(31)21-15-20(26-27-21)23-12-8-14-32-23)16-19-10-5-6-11-22(19)33-18(3)9-4-7-13-24(29)30/h5-6,8,10-12,14-15,17-18H,4,7,9,13,16H2,1-3H3,(H,26,27)(H,29,30)/t18-/m1/s1/i16D2. The number of furan rings is 1. The van der Waals surface area contributed by atoms with Crippen molar-refractivity contribution in [1.82, 2.24) is 15.1 Å². The summed E-state index contributed by atoms with van der Waals surface area (Å²) in [5, 5.41) is 15.7. The van der Waals surface area contributed by atoms with Gasteiger partial charge in [-0.15, -0.1) is 0 Å². The number of carbonyl (C=O) groups is 2. The van der Waals surface area contributed by atoms with Gasteiger partial charge >= 0.3 is 5.97 Å². The van der Waals surface area contributed by atoms with Crippen LogP contribution in [-0.4, -0.2) is 44.2 Å². The third kappa shape index (κ3) is 6.71. The van der Waals surface area contributed by atoms with Crippen LogP contribution in [0.2, 0.25) is 0 Å². The topological polar surface area (TPSA) is 109 Å². The van der Waals surface area contributed by atoms with Crippen molar-refractivity contribution in [2.75, 3.05) is 0 Å². The number of rotatable bonds is 12. The minimum absolute atomic E-state index is 0.0687. The molecule has 176 valence electrons. The van der Waals surface area contributed by atoms with E-state index in [0.717, 1.165) is 4.90 Å². The lowest BCUT2D eigenvalue weighted by molar-refractivity contribution is -0.137. The van der Waals surface area contributed by atoms with Crippen molar-refractivity contribution in [3.63, 3.8) is 0 Å². The van der Waals surface area contributed by atoms with E-state index in [4.69, 9.17) is 17.0 Å². The Kier molecular flexibility index (Phi) is 7.33. The molecule has 0 aliphatic heterocycles. The van der Waals surface area contributed by atoms with Crippen LogP contribution < -0.4 is 4.74 Å². The molecule has 0 saturated carbocycles. The number of nitrogens with one attached hydrogen (secondary N) is 1. The Morgan fingerprint density at radius 1 is 1.21 bits per heavy atom. The number of para-hydroxylation sites is 1. The molecule has 0 aliphatic rings. The van der Waals surface area contributed by atoms with Gasteiger partial charge in [0.2, 0.25) is 0 Å². The lowest BCUT2D eigenvalue weighted by Crippen LogP contribution is -2.36. The van der Waals surface area contributed by atoms with E-state index in [1.54, 1.807) is 50.2 Å². The Balaban J connectivity index is 1.82. The Morgan fingerprint density at radius 2 is 2.00 bits per heavy atom. The summed E-state index contributed by atoms with van der Waals surface area (Å²) in [6.45, 7) is 3.14.